The smallest absolute Gasteiger partial charge is 0.0368 e. The van der Waals surface area contributed by atoms with Crippen molar-refractivity contribution in [2.75, 3.05) is 29.5 Å². The quantitative estimate of drug-likeness (QED) is 0.861. The third-order valence-corrected chi connectivity index (χ3v) is 5.10. The van der Waals surface area contributed by atoms with Crippen LogP contribution in [0.2, 0.25) is 0 Å². The molecule has 1 fully saturated rings. The Hall–Kier alpha value is -0.670. The van der Waals surface area contributed by atoms with Gasteiger partial charge in [0.15, 0.2) is 0 Å². The Morgan fingerprint density at radius 2 is 2.10 bits per heavy atom. The lowest BCUT2D eigenvalue weighted by atomic mass is 10.0. The van der Waals surface area contributed by atoms with E-state index in [-0.39, 0.29) is 0 Å². The molecule has 2 nitrogen and oxygen atoms in total. The Labute approximate surface area is 128 Å². The van der Waals surface area contributed by atoms with Gasteiger partial charge >= 0.3 is 0 Å². The van der Waals surface area contributed by atoms with Crippen LogP contribution in [0.4, 0.5) is 5.69 Å². The molecule has 1 heterocycles. The Morgan fingerprint density at radius 3 is 2.75 bits per heavy atom. The molecule has 1 aliphatic rings. The van der Waals surface area contributed by atoms with Gasteiger partial charge in [0.05, 0.1) is 0 Å². The van der Waals surface area contributed by atoms with E-state index in [4.69, 9.17) is 0 Å². The van der Waals surface area contributed by atoms with Gasteiger partial charge < -0.3 is 10.2 Å². The molecule has 1 aliphatic heterocycles. The average Bonchev–Trinajstić information content (AvgIpc) is 2.46. The first-order valence-corrected chi connectivity index (χ1v) is 9.00. The normalized spacial score (nSPS) is 18.2. The van der Waals surface area contributed by atoms with Crippen LogP contribution in [0, 0.1) is 6.92 Å². The van der Waals surface area contributed by atoms with Crippen molar-refractivity contribution in [3.05, 3.63) is 29.8 Å². The summed E-state index contributed by atoms with van der Waals surface area (Å²) in [5.74, 6) is 2.45. The molecule has 1 aromatic carbocycles. The standard InChI is InChI=1S/C17H28N2S/c1-4-20-13-15(3)18-16-8-10-19(11-9-16)17-7-5-6-14(2)12-17/h5-7,12,15-16,18H,4,8-11,13H2,1-3H3/t15-/m1/s1. The first-order chi connectivity index (χ1) is 9.69. The molecule has 0 saturated carbocycles. The lowest BCUT2D eigenvalue weighted by molar-refractivity contribution is 0.389. The van der Waals surface area contributed by atoms with Crippen molar-refractivity contribution in [2.24, 2.45) is 0 Å². The highest BCUT2D eigenvalue weighted by Gasteiger charge is 2.20. The molecule has 0 radical (unpaired) electrons. The van der Waals surface area contributed by atoms with Gasteiger partial charge in [0.2, 0.25) is 0 Å². The van der Waals surface area contributed by atoms with Crippen LogP contribution < -0.4 is 10.2 Å². The minimum atomic E-state index is 0.635. The molecule has 1 saturated heterocycles. The van der Waals surface area contributed by atoms with E-state index in [1.165, 1.54) is 48.7 Å². The Balaban J connectivity index is 1.77. The highest BCUT2D eigenvalue weighted by atomic mass is 32.2. The number of aryl methyl sites for hydroxylation is 1. The van der Waals surface area contributed by atoms with Gasteiger partial charge in [0.25, 0.3) is 0 Å². The number of nitrogens with zero attached hydrogens (tertiary/aromatic N) is 1. The summed E-state index contributed by atoms with van der Waals surface area (Å²) in [6.45, 7) is 9.07. The summed E-state index contributed by atoms with van der Waals surface area (Å²) < 4.78 is 0. The van der Waals surface area contributed by atoms with E-state index in [0.29, 0.717) is 12.1 Å². The molecular weight excluding hydrogens is 264 g/mol. The molecule has 1 aromatic rings. The van der Waals surface area contributed by atoms with Gasteiger partial charge in [-0.25, -0.2) is 0 Å². The van der Waals surface area contributed by atoms with Crippen molar-refractivity contribution in [1.29, 1.82) is 0 Å². The fourth-order valence-electron chi connectivity index (χ4n) is 2.87. The molecular formula is C17H28N2S. The van der Waals surface area contributed by atoms with Crippen molar-refractivity contribution in [2.45, 2.75) is 45.7 Å². The zero-order chi connectivity index (χ0) is 14.4. The summed E-state index contributed by atoms with van der Waals surface area (Å²) in [4.78, 5) is 2.52. The van der Waals surface area contributed by atoms with Crippen LogP contribution in [0.25, 0.3) is 0 Å². The van der Waals surface area contributed by atoms with Gasteiger partial charge in [0.1, 0.15) is 0 Å². The van der Waals surface area contributed by atoms with E-state index in [9.17, 15) is 0 Å². The van der Waals surface area contributed by atoms with Gasteiger partial charge in [-0.15, -0.1) is 0 Å². The molecule has 0 bridgehead atoms. The molecule has 3 heteroatoms. The van der Waals surface area contributed by atoms with Crippen LogP contribution in [-0.2, 0) is 0 Å². The predicted molar refractivity (Wildman–Crippen MR) is 92.0 cm³/mol. The Kier molecular flexibility index (Phi) is 6.24. The van der Waals surface area contributed by atoms with Gasteiger partial charge in [0, 0.05) is 36.6 Å². The number of rotatable bonds is 6. The first-order valence-electron chi connectivity index (χ1n) is 7.84. The second kappa shape index (κ2) is 7.94. The summed E-state index contributed by atoms with van der Waals surface area (Å²) >= 11 is 2.03. The molecule has 0 aromatic heterocycles. The van der Waals surface area contributed by atoms with Crippen molar-refractivity contribution >= 4 is 17.4 Å². The Morgan fingerprint density at radius 1 is 1.35 bits per heavy atom. The van der Waals surface area contributed by atoms with E-state index in [2.05, 4.69) is 55.3 Å². The van der Waals surface area contributed by atoms with Crippen LogP contribution in [0.15, 0.2) is 24.3 Å². The maximum atomic E-state index is 3.79. The van der Waals surface area contributed by atoms with Crippen LogP contribution in [0.1, 0.15) is 32.3 Å². The second-order valence-electron chi connectivity index (χ2n) is 5.83. The summed E-state index contributed by atoms with van der Waals surface area (Å²) in [5.41, 5.74) is 2.74. The fourth-order valence-corrected chi connectivity index (χ4v) is 3.56. The highest BCUT2D eigenvalue weighted by molar-refractivity contribution is 7.99. The molecule has 1 N–H and O–H groups in total. The van der Waals surface area contributed by atoms with Crippen LogP contribution in [-0.4, -0.2) is 36.7 Å². The highest BCUT2D eigenvalue weighted by Crippen LogP contribution is 2.21. The van der Waals surface area contributed by atoms with E-state index < -0.39 is 0 Å². The van der Waals surface area contributed by atoms with Crippen LogP contribution >= 0.6 is 11.8 Å². The van der Waals surface area contributed by atoms with Gasteiger partial charge in [-0.05, 0) is 50.1 Å². The molecule has 112 valence electrons. The van der Waals surface area contributed by atoms with Crippen molar-refractivity contribution in [1.82, 2.24) is 5.32 Å². The largest absolute Gasteiger partial charge is 0.371 e. The number of nitrogens with one attached hydrogen (secondary N) is 1. The predicted octanol–water partition coefficient (Wildman–Crippen LogP) is 3.70. The number of hydrogen-bond donors (Lipinski definition) is 1. The molecule has 0 amide bonds. The summed E-state index contributed by atoms with van der Waals surface area (Å²) in [7, 11) is 0. The second-order valence-corrected chi connectivity index (χ2v) is 7.15. The van der Waals surface area contributed by atoms with Crippen molar-refractivity contribution in [3.8, 4) is 0 Å². The lowest BCUT2D eigenvalue weighted by Crippen LogP contribution is -2.46. The molecule has 0 aliphatic carbocycles. The number of hydrogen-bond acceptors (Lipinski definition) is 3. The third-order valence-electron chi connectivity index (χ3n) is 3.95. The monoisotopic (exact) mass is 292 g/mol. The van der Waals surface area contributed by atoms with Crippen LogP contribution in [0.5, 0.6) is 0 Å². The SMILES string of the molecule is CCSC[C@@H](C)NC1CCN(c2cccc(C)c2)CC1. The number of piperidine rings is 1. The zero-order valence-electron chi connectivity index (χ0n) is 13.1. The molecule has 1 atom stereocenters. The Bertz CT molecular complexity index is 400. The van der Waals surface area contributed by atoms with E-state index in [1.807, 2.05) is 11.8 Å². The lowest BCUT2D eigenvalue weighted by Gasteiger charge is -2.35. The van der Waals surface area contributed by atoms with E-state index >= 15 is 0 Å². The van der Waals surface area contributed by atoms with E-state index in [0.717, 1.165) is 0 Å². The number of anilines is 1. The first kappa shape index (κ1) is 15.7. The topological polar surface area (TPSA) is 15.3 Å². The number of benzene rings is 1. The molecule has 0 unspecified atom stereocenters. The maximum absolute atomic E-state index is 3.79. The summed E-state index contributed by atoms with van der Waals surface area (Å²) in [6, 6.07) is 10.2. The fraction of sp³-hybridized carbons (Fsp3) is 0.647. The van der Waals surface area contributed by atoms with Gasteiger partial charge in [-0.3, -0.25) is 0 Å². The summed E-state index contributed by atoms with van der Waals surface area (Å²) in [6.07, 6.45) is 2.52. The molecule has 0 spiro atoms. The summed E-state index contributed by atoms with van der Waals surface area (Å²) in [5, 5.41) is 3.79. The maximum Gasteiger partial charge on any atom is 0.0368 e. The van der Waals surface area contributed by atoms with Gasteiger partial charge in [-0.1, -0.05) is 19.1 Å². The minimum absolute atomic E-state index is 0.635. The minimum Gasteiger partial charge on any atom is -0.371 e. The van der Waals surface area contributed by atoms with Crippen molar-refractivity contribution < 1.29 is 0 Å². The zero-order valence-corrected chi connectivity index (χ0v) is 13.9. The number of thioether (sulfide) groups is 1. The molecule has 2 rings (SSSR count). The van der Waals surface area contributed by atoms with Crippen molar-refractivity contribution in [3.63, 3.8) is 0 Å². The average molecular weight is 292 g/mol. The van der Waals surface area contributed by atoms with Gasteiger partial charge in [-0.2, -0.15) is 11.8 Å². The van der Waals surface area contributed by atoms with E-state index in [1.54, 1.807) is 0 Å². The molecule has 20 heavy (non-hydrogen) atoms. The van der Waals surface area contributed by atoms with Crippen LogP contribution in [0.3, 0.4) is 0 Å². The third kappa shape index (κ3) is 4.71.